The summed E-state index contributed by atoms with van der Waals surface area (Å²) >= 11 is 5.83. The zero-order valence-corrected chi connectivity index (χ0v) is 14.5. The summed E-state index contributed by atoms with van der Waals surface area (Å²) in [6.45, 7) is 4.37. The molecule has 0 saturated heterocycles. The van der Waals surface area contributed by atoms with Crippen molar-refractivity contribution in [3.05, 3.63) is 46.6 Å². The van der Waals surface area contributed by atoms with Crippen molar-refractivity contribution in [3.63, 3.8) is 0 Å². The molecule has 2 aromatic heterocycles. The number of halogens is 1. The van der Waals surface area contributed by atoms with Crippen LogP contribution in [0.3, 0.4) is 0 Å². The van der Waals surface area contributed by atoms with Gasteiger partial charge in [0.15, 0.2) is 5.76 Å². The van der Waals surface area contributed by atoms with Crippen LogP contribution in [0.25, 0.3) is 0 Å². The van der Waals surface area contributed by atoms with Crippen LogP contribution in [-0.4, -0.2) is 22.4 Å². The van der Waals surface area contributed by atoms with Crippen LogP contribution in [0.1, 0.15) is 61.0 Å². The molecule has 0 aliphatic carbocycles. The maximum absolute atomic E-state index is 12.7. The molecule has 3 heterocycles. The number of esters is 1. The van der Waals surface area contributed by atoms with Crippen molar-refractivity contribution in [2.45, 2.75) is 51.7 Å². The predicted molar refractivity (Wildman–Crippen MR) is 89.4 cm³/mol. The van der Waals surface area contributed by atoms with Crippen molar-refractivity contribution < 1.29 is 18.7 Å². The number of hydrogen-bond acceptors (Lipinski definition) is 4. The van der Waals surface area contributed by atoms with Crippen molar-refractivity contribution in [2.75, 3.05) is 0 Å². The van der Waals surface area contributed by atoms with Gasteiger partial charge in [-0.1, -0.05) is 18.0 Å². The Hall–Kier alpha value is -2.01. The molecule has 0 radical (unpaired) electrons. The molecule has 0 N–H and O–H groups in total. The van der Waals surface area contributed by atoms with E-state index in [9.17, 15) is 9.59 Å². The molecule has 0 spiro atoms. The molecular formula is C18H20ClNO4. The zero-order chi connectivity index (χ0) is 17.3. The third-order valence-electron chi connectivity index (χ3n) is 4.16. The van der Waals surface area contributed by atoms with E-state index >= 15 is 0 Å². The Morgan fingerprint density at radius 1 is 1.33 bits per heavy atom. The molecule has 0 bridgehead atoms. The topological polar surface area (TPSA) is 61.4 Å². The number of fused-ring (bicyclic) bond motifs is 1. The molecule has 0 aromatic carbocycles. The van der Waals surface area contributed by atoms with Crippen LogP contribution >= 0.6 is 11.6 Å². The lowest BCUT2D eigenvalue weighted by molar-refractivity contribution is -0.149. The van der Waals surface area contributed by atoms with Gasteiger partial charge in [-0.3, -0.25) is 9.59 Å². The quantitative estimate of drug-likeness (QED) is 0.613. The van der Waals surface area contributed by atoms with Gasteiger partial charge in [0.25, 0.3) is 0 Å². The largest absolute Gasteiger partial charge is 0.462 e. The van der Waals surface area contributed by atoms with E-state index in [4.69, 9.17) is 20.8 Å². The summed E-state index contributed by atoms with van der Waals surface area (Å²) in [5.41, 5.74) is 1.35. The number of furan rings is 1. The first kappa shape index (κ1) is 16.8. The molecule has 1 aliphatic rings. The van der Waals surface area contributed by atoms with Gasteiger partial charge < -0.3 is 13.7 Å². The molecule has 128 valence electrons. The van der Waals surface area contributed by atoms with Gasteiger partial charge in [0.2, 0.25) is 5.78 Å². The van der Waals surface area contributed by atoms with Gasteiger partial charge >= 0.3 is 5.97 Å². The predicted octanol–water partition coefficient (Wildman–Crippen LogP) is 4.18. The summed E-state index contributed by atoms with van der Waals surface area (Å²) in [4.78, 5) is 25.1. The van der Waals surface area contributed by atoms with Crippen LogP contribution in [0.15, 0.2) is 28.9 Å². The minimum atomic E-state index is -0.336. The van der Waals surface area contributed by atoms with E-state index in [1.54, 1.807) is 6.07 Å². The van der Waals surface area contributed by atoms with Crippen molar-refractivity contribution in [2.24, 2.45) is 0 Å². The maximum atomic E-state index is 12.7. The Kier molecular flexibility index (Phi) is 4.81. The highest BCUT2D eigenvalue weighted by molar-refractivity contribution is 6.31. The molecule has 0 saturated carbocycles. The molecule has 24 heavy (non-hydrogen) atoms. The Labute approximate surface area is 145 Å². The van der Waals surface area contributed by atoms with Crippen molar-refractivity contribution in [1.82, 2.24) is 4.57 Å². The number of carbonyl (C=O) groups excluding carboxylic acids is 2. The first-order valence-electron chi connectivity index (χ1n) is 8.16. The lowest BCUT2D eigenvalue weighted by atomic mass is 10.00. The molecule has 0 fully saturated rings. The van der Waals surface area contributed by atoms with Crippen LogP contribution in [0, 0.1) is 0 Å². The average Bonchev–Trinajstić information content (AvgIpc) is 3.07. The highest BCUT2D eigenvalue weighted by atomic mass is 35.5. The number of rotatable bonds is 4. The summed E-state index contributed by atoms with van der Waals surface area (Å²) in [5.74, 6) is -0.597. The van der Waals surface area contributed by atoms with Gasteiger partial charge in [0.1, 0.15) is 6.26 Å². The molecule has 3 rings (SSSR count). The lowest BCUT2D eigenvalue weighted by Gasteiger charge is -2.17. The maximum Gasteiger partial charge on any atom is 0.315 e. The first-order chi connectivity index (χ1) is 11.5. The number of ketones is 1. The molecule has 1 unspecified atom stereocenters. The second kappa shape index (κ2) is 6.85. The number of carbonyl (C=O) groups is 2. The fourth-order valence-corrected chi connectivity index (χ4v) is 3.26. The molecule has 0 amide bonds. The van der Waals surface area contributed by atoms with E-state index in [1.165, 1.54) is 12.3 Å². The average molecular weight is 350 g/mol. The number of hydrogen-bond donors (Lipinski definition) is 0. The fraction of sp³-hybridized carbons (Fsp3) is 0.444. The second-order valence-corrected chi connectivity index (χ2v) is 6.72. The van der Waals surface area contributed by atoms with Gasteiger partial charge in [-0.2, -0.15) is 0 Å². The van der Waals surface area contributed by atoms with Crippen molar-refractivity contribution in [3.8, 4) is 0 Å². The van der Waals surface area contributed by atoms with Gasteiger partial charge in [-0.05, 0) is 38.8 Å². The number of aromatic nitrogens is 1. The normalized spacial score (nSPS) is 17.4. The Morgan fingerprint density at radius 3 is 2.79 bits per heavy atom. The smallest absolute Gasteiger partial charge is 0.315 e. The SMILES string of the molecule is CC(C)OC(=O)C1CCCCn2c(C(=O)c3cc(Cl)co3)ccc21. The highest BCUT2D eigenvalue weighted by Gasteiger charge is 2.30. The van der Waals surface area contributed by atoms with Gasteiger partial charge in [0.05, 0.1) is 22.7 Å². The van der Waals surface area contributed by atoms with E-state index in [1.807, 2.05) is 24.5 Å². The van der Waals surface area contributed by atoms with E-state index < -0.39 is 0 Å². The molecule has 5 nitrogen and oxygen atoms in total. The fourth-order valence-electron chi connectivity index (χ4n) is 3.11. The number of nitrogens with zero attached hydrogens (tertiary/aromatic N) is 1. The van der Waals surface area contributed by atoms with E-state index in [0.29, 0.717) is 17.3 Å². The van der Waals surface area contributed by atoms with Crippen molar-refractivity contribution in [1.29, 1.82) is 0 Å². The highest BCUT2D eigenvalue weighted by Crippen LogP contribution is 2.31. The standard InChI is InChI=1S/C18H20ClNO4/c1-11(2)24-18(22)13-5-3-4-8-20-14(13)6-7-15(20)17(21)16-9-12(19)10-23-16/h6-7,9-11,13H,3-5,8H2,1-2H3. The zero-order valence-electron chi connectivity index (χ0n) is 13.8. The van der Waals surface area contributed by atoms with E-state index in [2.05, 4.69) is 0 Å². The Balaban J connectivity index is 1.94. The third kappa shape index (κ3) is 3.26. The molecule has 6 heteroatoms. The Bertz CT molecular complexity index is 759. The van der Waals surface area contributed by atoms with Crippen LogP contribution in [-0.2, 0) is 16.1 Å². The summed E-state index contributed by atoms with van der Waals surface area (Å²) < 4.78 is 12.5. The second-order valence-electron chi connectivity index (χ2n) is 6.29. The molecular weight excluding hydrogens is 330 g/mol. The van der Waals surface area contributed by atoms with Crippen LogP contribution in [0.4, 0.5) is 0 Å². The molecule has 2 aromatic rings. The van der Waals surface area contributed by atoms with Gasteiger partial charge in [0, 0.05) is 18.3 Å². The Morgan fingerprint density at radius 2 is 2.12 bits per heavy atom. The minimum absolute atomic E-state index is 0.157. The van der Waals surface area contributed by atoms with E-state index in [0.717, 1.165) is 25.0 Å². The van der Waals surface area contributed by atoms with Crippen LogP contribution in [0.5, 0.6) is 0 Å². The van der Waals surface area contributed by atoms with Crippen LogP contribution < -0.4 is 0 Å². The van der Waals surface area contributed by atoms with Crippen LogP contribution in [0.2, 0.25) is 5.02 Å². The molecule has 1 atom stereocenters. The van der Waals surface area contributed by atoms with Crippen molar-refractivity contribution >= 4 is 23.4 Å². The monoisotopic (exact) mass is 349 g/mol. The summed E-state index contributed by atoms with van der Waals surface area (Å²) in [6.07, 6.45) is 3.74. The van der Waals surface area contributed by atoms with Gasteiger partial charge in [-0.15, -0.1) is 0 Å². The van der Waals surface area contributed by atoms with E-state index in [-0.39, 0.29) is 29.5 Å². The summed E-state index contributed by atoms with van der Waals surface area (Å²) in [6, 6.07) is 5.09. The summed E-state index contributed by atoms with van der Waals surface area (Å²) in [7, 11) is 0. The summed E-state index contributed by atoms with van der Waals surface area (Å²) in [5, 5.41) is 0.388. The molecule has 1 aliphatic heterocycles. The van der Waals surface area contributed by atoms with Gasteiger partial charge in [-0.25, -0.2) is 0 Å². The first-order valence-corrected chi connectivity index (χ1v) is 8.54. The number of ether oxygens (including phenoxy) is 1. The third-order valence-corrected chi connectivity index (χ3v) is 4.35. The lowest BCUT2D eigenvalue weighted by Crippen LogP contribution is -2.21. The minimum Gasteiger partial charge on any atom is -0.462 e.